The van der Waals surface area contributed by atoms with E-state index >= 15 is 0 Å². The summed E-state index contributed by atoms with van der Waals surface area (Å²) in [6.07, 6.45) is 0.155. The Morgan fingerprint density at radius 3 is 2.72 bits per heavy atom. The van der Waals surface area contributed by atoms with Crippen molar-refractivity contribution >= 4 is 24.0 Å². The van der Waals surface area contributed by atoms with E-state index in [0.29, 0.717) is 25.9 Å². The Labute approximate surface area is 207 Å². The summed E-state index contributed by atoms with van der Waals surface area (Å²) in [5.41, 5.74) is 3.04. The number of fused-ring (bicyclic) bond motifs is 3. The third kappa shape index (κ3) is 5.66. The van der Waals surface area contributed by atoms with Crippen LogP contribution in [-0.2, 0) is 32.2 Å². The molecule has 1 saturated heterocycles. The highest BCUT2D eigenvalue weighted by Gasteiger charge is 2.51. The molecule has 1 unspecified atom stereocenters. The highest BCUT2D eigenvalue weighted by atomic mass is 19.4. The number of hydrogen-bond donors (Lipinski definition) is 1. The van der Waals surface area contributed by atoms with Crippen LogP contribution in [0.3, 0.4) is 0 Å². The molecule has 4 rings (SSSR count). The molecule has 3 aliphatic heterocycles. The number of carbonyl (C=O) groups is 3. The Morgan fingerprint density at radius 2 is 1.97 bits per heavy atom. The summed E-state index contributed by atoms with van der Waals surface area (Å²) in [7, 11) is 1.10. The van der Waals surface area contributed by atoms with Crippen LogP contribution >= 0.6 is 0 Å². The molecular weight excluding hydrogens is 479 g/mol. The average molecular weight is 510 g/mol. The number of hydrogen-bond acceptors (Lipinski definition) is 6. The Morgan fingerprint density at radius 1 is 1.17 bits per heavy atom. The standard InChI is InChI=1S/C25H30F3N3O5/c1-35-23(33)20-12-18-14-31(20)22(32)21(25(26,27)28)29-11-6-4-2-3-5-8-16-9-7-10-17-13-30(15-19(16)17)24(34)36-18/h5,7-10,18,20-21,29H,2-4,6,11-15H2,1H3/b8-5+/t18-,20+,21?/m1/s1. The number of carbonyl (C=O) groups excluding carboxylic acids is 3. The summed E-state index contributed by atoms with van der Waals surface area (Å²) in [5, 5.41) is 2.32. The molecule has 36 heavy (non-hydrogen) atoms. The molecule has 1 aromatic carbocycles. The topological polar surface area (TPSA) is 88.2 Å². The van der Waals surface area contributed by atoms with Crippen molar-refractivity contribution in [2.45, 2.75) is 69.6 Å². The summed E-state index contributed by atoms with van der Waals surface area (Å²) in [5.74, 6) is -2.13. The third-order valence-corrected chi connectivity index (χ3v) is 6.83. The number of nitrogens with zero attached hydrogens (tertiary/aromatic N) is 2. The first-order chi connectivity index (χ1) is 17.2. The highest BCUT2D eigenvalue weighted by Crippen LogP contribution is 2.31. The molecule has 0 radical (unpaired) electrons. The van der Waals surface area contributed by atoms with Crippen LogP contribution in [0, 0.1) is 0 Å². The van der Waals surface area contributed by atoms with E-state index in [4.69, 9.17) is 9.47 Å². The molecule has 1 N–H and O–H groups in total. The van der Waals surface area contributed by atoms with Gasteiger partial charge in [0, 0.05) is 13.0 Å². The van der Waals surface area contributed by atoms with E-state index in [2.05, 4.69) is 5.32 Å². The number of nitrogens with one attached hydrogen (secondary N) is 1. The molecule has 8 nitrogen and oxygen atoms in total. The number of amides is 2. The normalized spacial score (nSPS) is 26.6. The fourth-order valence-corrected chi connectivity index (χ4v) is 4.97. The molecule has 3 heterocycles. The average Bonchev–Trinajstić information content (AvgIpc) is 3.46. The first kappa shape index (κ1) is 26.0. The maximum Gasteiger partial charge on any atom is 0.412 e. The smallest absolute Gasteiger partial charge is 0.412 e. The summed E-state index contributed by atoms with van der Waals surface area (Å²) < 4.78 is 51.7. The summed E-state index contributed by atoms with van der Waals surface area (Å²) in [4.78, 5) is 40.6. The molecule has 2 amide bonds. The van der Waals surface area contributed by atoms with E-state index in [1.165, 1.54) is 4.90 Å². The van der Waals surface area contributed by atoms with Crippen LogP contribution in [0.25, 0.3) is 6.08 Å². The van der Waals surface area contributed by atoms with Gasteiger partial charge in [-0.1, -0.05) is 36.8 Å². The molecule has 0 spiro atoms. The number of methoxy groups -OCH3 is 1. The number of allylic oxidation sites excluding steroid dienone is 1. The minimum absolute atomic E-state index is 0.00404. The van der Waals surface area contributed by atoms with Gasteiger partial charge in [0.25, 0.3) is 0 Å². The zero-order valence-electron chi connectivity index (χ0n) is 20.1. The number of benzene rings is 1. The molecule has 1 aromatic rings. The Bertz CT molecular complexity index is 1030. The molecule has 3 atom stereocenters. The van der Waals surface area contributed by atoms with E-state index in [1.54, 1.807) is 0 Å². The zero-order chi connectivity index (χ0) is 25.9. The van der Waals surface area contributed by atoms with Crippen molar-refractivity contribution in [3.05, 3.63) is 41.0 Å². The molecule has 0 aliphatic carbocycles. The first-order valence-electron chi connectivity index (χ1n) is 12.1. The predicted octanol–water partition coefficient (Wildman–Crippen LogP) is 3.39. The Balaban J connectivity index is 1.59. The molecule has 196 valence electrons. The Hall–Kier alpha value is -3.08. The molecular formula is C25H30F3N3O5. The lowest BCUT2D eigenvalue weighted by Crippen LogP contribution is -2.56. The van der Waals surface area contributed by atoms with Gasteiger partial charge in [0.2, 0.25) is 5.91 Å². The number of rotatable bonds is 1. The van der Waals surface area contributed by atoms with Crippen LogP contribution in [0.1, 0.15) is 48.8 Å². The molecule has 0 saturated carbocycles. The lowest BCUT2D eigenvalue weighted by molar-refractivity contribution is -0.178. The van der Waals surface area contributed by atoms with Crippen molar-refractivity contribution in [2.24, 2.45) is 0 Å². The second-order valence-electron chi connectivity index (χ2n) is 9.29. The number of alkyl halides is 3. The van der Waals surface area contributed by atoms with Gasteiger partial charge in [0.15, 0.2) is 6.04 Å². The SMILES string of the molecule is COC(=O)[C@@H]1C[C@@H]2CN1C(=O)C(C(F)(F)F)NCCCCC/C=C/c1cccc3c1CN(C3)C(=O)O2. The van der Waals surface area contributed by atoms with E-state index in [0.717, 1.165) is 41.5 Å². The van der Waals surface area contributed by atoms with Crippen LogP contribution in [-0.4, -0.2) is 72.3 Å². The lowest BCUT2D eigenvalue weighted by atomic mass is 10.0. The van der Waals surface area contributed by atoms with Crippen LogP contribution in [0.2, 0.25) is 0 Å². The van der Waals surface area contributed by atoms with Gasteiger partial charge in [-0.05, 0) is 42.5 Å². The molecule has 3 aliphatic rings. The number of ether oxygens (including phenoxy) is 2. The van der Waals surface area contributed by atoms with Crippen molar-refractivity contribution in [1.29, 1.82) is 0 Å². The minimum Gasteiger partial charge on any atom is -0.467 e. The van der Waals surface area contributed by atoms with Crippen LogP contribution in [0.15, 0.2) is 24.3 Å². The fraction of sp³-hybridized carbons (Fsp3) is 0.560. The fourth-order valence-electron chi connectivity index (χ4n) is 4.97. The van der Waals surface area contributed by atoms with E-state index in [1.807, 2.05) is 30.4 Å². The van der Waals surface area contributed by atoms with Crippen molar-refractivity contribution in [3.63, 3.8) is 0 Å². The number of halogens is 3. The summed E-state index contributed by atoms with van der Waals surface area (Å²) >= 11 is 0. The molecule has 1 fully saturated rings. The second-order valence-corrected chi connectivity index (χ2v) is 9.29. The van der Waals surface area contributed by atoms with Crippen LogP contribution < -0.4 is 5.32 Å². The van der Waals surface area contributed by atoms with E-state index in [-0.39, 0.29) is 19.5 Å². The summed E-state index contributed by atoms with van der Waals surface area (Å²) in [6.45, 7) is 0.347. The summed E-state index contributed by atoms with van der Waals surface area (Å²) in [6, 6.07) is 2.12. The van der Waals surface area contributed by atoms with Gasteiger partial charge in [0.05, 0.1) is 20.2 Å². The van der Waals surface area contributed by atoms with Crippen molar-refractivity contribution in [3.8, 4) is 0 Å². The van der Waals surface area contributed by atoms with Crippen LogP contribution in [0.4, 0.5) is 18.0 Å². The van der Waals surface area contributed by atoms with Crippen molar-refractivity contribution in [2.75, 3.05) is 20.2 Å². The molecule has 0 aromatic heterocycles. The van der Waals surface area contributed by atoms with Gasteiger partial charge in [-0.2, -0.15) is 13.2 Å². The van der Waals surface area contributed by atoms with Gasteiger partial charge in [0.1, 0.15) is 12.1 Å². The predicted molar refractivity (Wildman–Crippen MR) is 123 cm³/mol. The zero-order valence-corrected chi connectivity index (χ0v) is 20.1. The Kier molecular flexibility index (Phi) is 7.87. The van der Waals surface area contributed by atoms with E-state index in [9.17, 15) is 27.6 Å². The second kappa shape index (κ2) is 10.9. The minimum atomic E-state index is -4.86. The molecule has 4 bridgehead atoms. The maximum absolute atomic E-state index is 13.8. The largest absolute Gasteiger partial charge is 0.467 e. The van der Waals surface area contributed by atoms with Gasteiger partial charge in [-0.25, -0.2) is 9.59 Å². The van der Waals surface area contributed by atoms with Gasteiger partial charge in [-0.15, -0.1) is 0 Å². The molecule has 11 heteroatoms. The van der Waals surface area contributed by atoms with Gasteiger partial charge in [-0.3, -0.25) is 15.0 Å². The number of esters is 1. The first-order valence-corrected chi connectivity index (χ1v) is 12.1. The quantitative estimate of drug-likeness (QED) is 0.584. The van der Waals surface area contributed by atoms with Gasteiger partial charge >= 0.3 is 18.2 Å². The van der Waals surface area contributed by atoms with Crippen molar-refractivity contribution < 1.29 is 37.0 Å². The highest BCUT2D eigenvalue weighted by molar-refractivity contribution is 5.89. The maximum atomic E-state index is 13.8. The van der Waals surface area contributed by atoms with E-state index < -0.39 is 42.3 Å². The lowest BCUT2D eigenvalue weighted by Gasteiger charge is -2.29. The third-order valence-electron chi connectivity index (χ3n) is 6.83. The van der Waals surface area contributed by atoms with Gasteiger partial charge < -0.3 is 14.4 Å². The van der Waals surface area contributed by atoms with Crippen LogP contribution in [0.5, 0.6) is 0 Å². The van der Waals surface area contributed by atoms with Crippen molar-refractivity contribution in [1.82, 2.24) is 15.1 Å². The monoisotopic (exact) mass is 509 g/mol.